The van der Waals surface area contributed by atoms with Gasteiger partial charge in [0.25, 0.3) is 5.91 Å². The minimum absolute atomic E-state index is 0.314. The van der Waals surface area contributed by atoms with E-state index in [0.29, 0.717) is 29.4 Å². The Hall–Kier alpha value is -4.08. The summed E-state index contributed by atoms with van der Waals surface area (Å²) in [6.07, 6.45) is 0. The highest BCUT2D eigenvalue weighted by atomic mass is 16.5. The van der Waals surface area contributed by atoms with Gasteiger partial charge in [-0.25, -0.2) is 4.79 Å². The number of hydrogen-bond acceptors (Lipinski definition) is 6. The molecular weight excluding hydrogens is 428 g/mol. The zero-order valence-corrected chi connectivity index (χ0v) is 18.6. The summed E-state index contributed by atoms with van der Waals surface area (Å²) in [5.41, 5.74) is -0.212. The molecule has 10 heteroatoms. The maximum absolute atomic E-state index is 12.9. The molecule has 0 saturated carbocycles. The molecule has 0 aromatic heterocycles. The van der Waals surface area contributed by atoms with E-state index in [0.717, 1.165) is 4.90 Å². The third kappa shape index (κ3) is 5.40. The summed E-state index contributed by atoms with van der Waals surface area (Å²) < 4.78 is 10.4. The molecule has 0 aliphatic carbocycles. The van der Waals surface area contributed by atoms with Gasteiger partial charge in [0.15, 0.2) is 0 Å². The van der Waals surface area contributed by atoms with Gasteiger partial charge in [0, 0.05) is 5.69 Å². The minimum atomic E-state index is -1.31. The lowest BCUT2D eigenvalue weighted by atomic mass is 9.92. The number of methoxy groups -OCH3 is 1. The summed E-state index contributed by atoms with van der Waals surface area (Å²) in [4.78, 5) is 50.5. The van der Waals surface area contributed by atoms with Crippen LogP contribution in [0.2, 0.25) is 0 Å². The zero-order chi connectivity index (χ0) is 24.0. The van der Waals surface area contributed by atoms with Gasteiger partial charge >= 0.3 is 6.03 Å². The largest absolute Gasteiger partial charge is 0.497 e. The van der Waals surface area contributed by atoms with Crippen molar-refractivity contribution >= 4 is 29.4 Å². The highest BCUT2D eigenvalue weighted by Gasteiger charge is 2.49. The van der Waals surface area contributed by atoms with Gasteiger partial charge in [-0.05, 0) is 55.8 Å². The molecule has 2 aromatic carbocycles. The van der Waals surface area contributed by atoms with Crippen LogP contribution < -0.4 is 25.4 Å². The summed E-state index contributed by atoms with van der Waals surface area (Å²) in [7, 11) is 1.53. The Morgan fingerprint density at radius 3 is 2.24 bits per heavy atom. The van der Waals surface area contributed by atoms with Gasteiger partial charge < -0.3 is 25.4 Å². The first-order valence-corrected chi connectivity index (χ1v) is 10.3. The van der Waals surface area contributed by atoms with Crippen molar-refractivity contribution in [3.8, 4) is 11.5 Å². The molecule has 1 aliphatic heterocycles. The Bertz CT molecular complexity index is 1040. The third-order valence-electron chi connectivity index (χ3n) is 5.14. The SMILES string of the molecule is CCOc1ccc(NC(=O)CNC(=O)CN2C(=O)NC(C)(c3ccc(OC)cc3)C2=O)cc1. The Kier molecular flexibility index (Phi) is 7.17. The van der Waals surface area contributed by atoms with Crippen molar-refractivity contribution in [2.24, 2.45) is 0 Å². The molecule has 0 bridgehead atoms. The molecule has 3 N–H and O–H groups in total. The fourth-order valence-corrected chi connectivity index (χ4v) is 3.35. The van der Waals surface area contributed by atoms with Crippen LogP contribution in [-0.4, -0.2) is 55.5 Å². The van der Waals surface area contributed by atoms with Gasteiger partial charge in [-0.3, -0.25) is 19.3 Å². The van der Waals surface area contributed by atoms with Crippen LogP contribution in [0.1, 0.15) is 19.4 Å². The van der Waals surface area contributed by atoms with Crippen LogP contribution in [0.4, 0.5) is 10.5 Å². The second-order valence-corrected chi connectivity index (χ2v) is 7.46. The topological polar surface area (TPSA) is 126 Å². The van der Waals surface area contributed by atoms with Crippen molar-refractivity contribution in [2.45, 2.75) is 19.4 Å². The molecule has 3 rings (SSSR count). The number of nitrogens with zero attached hydrogens (tertiary/aromatic N) is 1. The van der Waals surface area contributed by atoms with E-state index in [1.165, 1.54) is 7.11 Å². The Balaban J connectivity index is 1.53. The summed E-state index contributed by atoms with van der Waals surface area (Å²) in [5.74, 6) is -0.364. The number of benzene rings is 2. The molecule has 5 amide bonds. The predicted molar refractivity (Wildman–Crippen MR) is 120 cm³/mol. The van der Waals surface area contributed by atoms with Gasteiger partial charge in [-0.15, -0.1) is 0 Å². The quantitative estimate of drug-likeness (QED) is 0.495. The maximum Gasteiger partial charge on any atom is 0.325 e. The fraction of sp³-hybridized carbons (Fsp3) is 0.304. The van der Waals surface area contributed by atoms with Gasteiger partial charge in [-0.1, -0.05) is 12.1 Å². The third-order valence-corrected chi connectivity index (χ3v) is 5.14. The molecule has 1 heterocycles. The predicted octanol–water partition coefficient (Wildman–Crippen LogP) is 1.62. The lowest BCUT2D eigenvalue weighted by molar-refractivity contribution is -0.135. The second kappa shape index (κ2) is 10.0. The second-order valence-electron chi connectivity index (χ2n) is 7.46. The first-order valence-electron chi connectivity index (χ1n) is 10.3. The van der Waals surface area contributed by atoms with Crippen molar-refractivity contribution in [3.05, 3.63) is 54.1 Å². The molecular formula is C23H26N4O6. The molecule has 2 aromatic rings. The monoisotopic (exact) mass is 454 g/mol. The van der Waals surface area contributed by atoms with Crippen LogP contribution in [0.3, 0.4) is 0 Å². The van der Waals surface area contributed by atoms with Crippen LogP contribution in [-0.2, 0) is 19.9 Å². The van der Waals surface area contributed by atoms with Gasteiger partial charge in [0.05, 0.1) is 20.3 Å². The molecule has 10 nitrogen and oxygen atoms in total. The van der Waals surface area contributed by atoms with E-state index in [1.54, 1.807) is 55.5 Å². The fourth-order valence-electron chi connectivity index (χ4n) is 3.35. The molecule has 1 aliphatic rings. The van der Waals surface area contributed by atoms with Crippen molar-refractivity contribution in [1.29, 1.82) is 0 Å². The number of nitrogens with one attached hydrogen (secondary N) is 3. The molecule has 0 radical (unpaired) electrons. The summed E-state index contributed by atoms with van der Waals surface area (Å²) in [6, 6.07) is 12.8. The van der Waals surface area contributed by atoms with E-state index in [-0.39, 0.29) is 6.54 Å². The first-order chi connectivity index (χ1) is 15.8. The smallest absolute Gasteiger partial charge is 0.325 e. The highest BCUT2D eigenvalue weighted by Crippen LogP contribution is 2.29. The average Bonchev–Trinajstić information content (AvgIpc) is 3.03. The van der Waals surface area contributed by atoms with Crippen LogP contribution in [0.5, 0.6) is 11.5 Å². The number of urea groups is 1. The van der Waals surface area contributed by atoms with E-state index < -0.39 is 35.8 Å². The van der Waals surface area contributed by atoms with Crippen LogP contribution in [0, 0.1) is 0 Å². The number of rotatable bonds is 9. The number of hydrogen-bond donors (Lipinski definition) is 3. The van der Waals surface area contributed by atoms with E-state index >= 15 is 0 Å². The number of carbonyl (C=O) groups is 4. The van der Waals surface area contributed by atoms with Crippen molar-refractivity contribution < 1.29 is 28.7 Å². The van der Waals surface area contributed by atoms with Crippen LogP contribution >= 0.6 is 0 Å². The molecule has 1 saturated heterocycles. The van der Waals surface area contributed by atoms with Crippen LogP contribution in [0.25, 0.3) is 0 Å². The van der Waals surface area contributed by atoms with E-state index in [1.807, 2.05) is 6.92 Å². The maximum atomic E-state index is 12.9. The Morgan fingerprint density at radius 2 is 1.64 bits per heavy atom. The highest BCUT2D eigenvalue weighted by molar-refractivity contribution is 6.09. The molecule has 1 atom stereocenters. The molecule has 0 spiro atoms. The standard InChI is InChI=1S/C23H26N4O6/c1-4-33-18-11-7-16(8-12-18)25-19(28)13-24-20(29)14-27-21(30)23(2,26-22(27)31)15-5-9-17(32-3)10-6-15/h5-12H,4,13-14H2,1-3H3,(H,24,29)(H,25,28)(H,26,31). The Labute approximate surface area is 191 Å². The summed E-state index contributed by atoms with van der Waals surface area (Å²) >= 11 is 0. The van der Waals surface area contributed by atoms with Gasteiger partial charge in [0.1, 0.15) is 23.6 Å². The van der Waals surface area contributed by atoms with Crippen molar-refractivity contribution in [1.82, 2.24) is 15.5 Å². The first kappa shape index (κ1) is 23.6. The van der Waals surface area contributed by atoms with E-state index in [9.17, 15) is 19.2 Å². The van der Waals surface area contributed by atoms with Crippen molar-refractivity contribution in [2.75, 3.05) is 32.1 Å². The average molecular weight is 454 g/mol. The van der Waals surface area contributed by atoms with Gasteiger partial charge in [-0.2, -0.15) is 0 Å². The molecule has 33 heavy (non-hydrogen) atoms. The minimum Gasteiger partial charge on any atom is -0.497 e. The number of imide groups is 1. The van der Waals surface area contributed by atoms with Crippen LogP contribution in [0.15, 0.2) is 48.5 Å². The molecule has 1 unspecified atom stereocenters. The Morgan fingerprint density at radius 1 is 1.00 bits per heavy atom. The van der Waals surface area contributed by atoms with E-state index in [2.05, 4.69) is 16.0 Å². The number of ether oxygens (including phenoxy) is 2. The van der Waals surface area contributed by atoms with Gasteiger partial charge in [0.2, 0.25) is 11.8 Å². The summed E-state index contributed by atoms with van der Waals surface area (Å²) in [6.45, 7) is 3.15. The lowest BCUT2D eigenvalue weighted by Gasteiger charge is -2.22. The normalized spacial score (nSPS) is 17.4. The number of anilines is 1. The number of carbonyl (C=O) groups excluding carboxylic acids is 4. The molecule has 1 fully saturated rings. The zero-order valence-electron chi connectivity index (χ0n) is 18.6. The van der Waals surface area contributed by atoms with E-state index in [4.69, 9.17) is 9.47 Å². The lowest BCUT2D eigenvalue weighted by Crippen LogP contribution is -2.44. The molecule has 174 valence electrons. The van der Waals surface area contributed by atoms with Crippen molar-refractivity contribution in [3.63, 3.8) is 0 Å². The number of amides is 5. The summed E-state index contributed by atoms with van der Waals surface area (Å²) in [5, 5.41) is 7.69.